The predicted molar refractivity (Wildman–Crippen MR) is 109 cm³/mol. The van der Waals surface area contributed by atoms with Crippen LogP contribution in [0.4, 0.5) is 15.8 Å². The molecule has 0 aliphatic carbocycles. The summed E-state index contributed by atoms with van der Waals surface area (Å²) >= 11 is 9.20. The van der Waals surface area contributed by atoms with Crippen LogP contribution < -0.4 is 10.0 Å². The molecule has 1 heterocycles. The van der Waals surface area contributed by atoms with E-state index in [4.69, 9.17) is 11.6 Å². The Hall–Kier alpha value is -2.49. The molecule has 0 aliphatic heterocycles. The Morgan fingerprint density at radius 3 is 2.54 bits per heavy atom. The van der Waals surface area contributed by atoms with Gasteiger partial charge in [-0.2, -0.15) is 0 Å². The minimum absolute atomic E-state index is 0.0314. The first kappa shape index (κ1) is 20.2. The number of sulfonamides is 1. The summed E-state index contributed by atoms with van der Waals surface area (Å²) in [6.45, 7) is 0. The lowest BCUT2D eigenvalue weighted by Crippen LogP contribution is -2.18. The summed E-state index contributed by atoms with van der Waals surface area (Å²) in [5.41, 5.74) is 0.388. The molecule has 0 bridgehead atoms. The monoisotopic (exact) mass is 483 g/mol. The van der Waals surface area contributed by atoms with E-state index in [-0.39, 0.29) is 22.0 Å². The number of rotatable bonds is 5. The maximum Gasteiger partial charge on any atom is 0.264 e. The fraction of sp³-hybridized carbons (Fsp3) is 0. The third-order valence-corrected chi connectivity index (χ3v) is 5.63. The topological polar surface area (TPSA) is 88.2 Å². The zero-order chi connectivity index (χ0) is 20.3. The van der Waals surface area contributed by atoms with Gasteiger partial charge in [0.15, 0.2) is 0 Å². The molecule has 0 radical (unpaired) electrons. The van der Waals surface area contributed by atoms with Crippen LogP contribution in [0.3, 0.4) is 0 Å². The lowest BCUT2D eigenvalue weighted by Gasteiger charge is -2.14. The van der Waals surface area contributed by atoms with Crippen molar-refractivity contribution in [3.8, 4) is 0 Å². The molecule has 0 saturated carbocycles. The van der Waals surface area contributed by atoms with Crippen LogP contribution in [0.25, 0.3) is 0 Å². The number of carbonyl (C=O) groups excluding carboxylic acids is 1. The highest BCUT2D eigenvalue weighted by molar-refractivity contribution is 9.10. The van der Waals surface area contributed by atoms with E-state index in [2.05, 4.69) is 31.0 Å². The second-order valence-corrected chi connectivity index (χ2v) is 8.57. The minimum atomic E-state index is -4.23. The number of halogens is 3. The maximum absolute atomic E-state index is 13.9. The highest BCUT2D eigenvalue weighted by Gasteiger charge is 2.21. The zero-order valence-electron chi connectivity index (χ0n) is 14.0. The standard InChI is InChI=1S/C18H12BrClFN3O3S/c19-12-7-11(9-22-10-12)18(25)23-16-8-13(20)5-6-15(16)24-28(26,27)17-4-2-1-3-14(17)21/h1-10,24H,(H,23,25). The molecule has 10 heteroatoms. The van der Waals surface area contributed by atoms with E-state index >= 15 is 0 Å². The summed E-state index contributed by atoms with van der Waals surface area (Å²) in [4.78, 5) is 15.9. The Balaban J connectivity index is 1.93. The van der Waals surface area contributed by atoms with E-state index in [0.717, 1.165) is 12.1 Å². The number of nitrogens with zero attached hydrogens (tertiary/aromatic N) is 1. The van der Waals surface area contributed by atoms with Gasteiger partial charge in [-0.1, -0.05) is 23.7 Å². The van der Waals surface area contributed by atoms with E-state index < -0.39 is 26.6 Å². The van der Waals surface area contributed by atoms with Crippen LogP contribution in [-0.2, 0) is 10.0 Å². The van der Waals surface area contributed by atoms with Gasteiger partial charge in [-0.25, -0.2) is 12.8 Å². The van der Waals surface area contributed by atoms with E-state index in [1.165, 1.54) is 42.7 Å². The summed E-state index contributed by atoms with van der Waals surface area (Å²) in [5.74, 6) is -1.42. The lowest BCUT2D eigenvalue weighted by atomic mass is 10.2. The van der Waals surface area contributed by atoms with Crippen molar-refractivity contribution >= 4 is 54.8 Å². The van der Waals surface area contributed by atoms with Crippen LogP contribution in [0.2, 0.25) is 5.02 Å². The summed E-state index contributed by atoms with van der Waals surface area (Å²) in [6.07, 6.45) is 2.87. The van der Waals surface area contributed by atoms with Crippen molar-refractivity contribution in [1.29, 1.82) is 0 Å². The molecule has 2 aromatic carbocycles. The molecule has 1 aromatic heterocycles. The van der Waals surface area contributed by atoms with Gasteiger partial charge in [0.05, 0.1) is 16.9 Å². The molecule has 1 amide bonds. The lowest BCUT2D eigenvalue weighted by molar-refractivity contribution is 0.102. The minimum Gasteiger partial charge on any atom is -0.320 e. The Morgan fingerprint density at radius 2 is 1.82 bits per heavy atom. The summed E-state index contributed by atoms with van der Waals surface area (Å²) in [7, 11) is -4.23. The van der Waals surface area contributed by atoms with E-state index in [1.54, 1.807) is 6.07 Å². The molecule has 28 heavy (non-hydrogen) atoms. The molecule has 0 aliphatic rings. The van der Waals surface area contributed by atoms with Gasteiger partial charge >= 0.3 is 0 Å². The number of aromatic nitrogens is 1. The molecular weight excluding hydrogens is 473 g/mol. The second-order valence-electron chi connectivity index (χ2n) is 5.57. The SMILES string of the molecule is O=C(Nc1cc(Cl)ccc1NS(=O)(=O)c1ccccc1F)c1cncc(Br)c1. The molecule has 3 aromatic rings. The molecule has 2 N–H and O–H groups in total. The number of carbonyl (C=O) groups is 1. The summed E-state index contributed by atoms with van der Waals surface area (Å²) in [5, 5.41) is 2.85. The van der Waals surface area contributed by atoms with Crippen LogP contribution in [0.5, 0.6) is 0 Å². The molecule has 6 nitrogen and oxygen atoms in total. The van der Waals surface area contributed by atoms with E-state index in [1.807, 2.05) is 0 Å². The summed E-state index contributed by atoms with van der Waals surface area (Å²) in [6, 6.07) is 10.7. The fourth-order valence-electron chi connectivity index (χ4n) is 2.30. The van der Waals surface area contributed by atoms with Gasteiger partial charge in [-0.05, 0) is 52.3 Å². The largest absolute Gasteiger partial charge is 0.320 e. The third kappa shape index (κ3) is 4.67. The van der Waals surface area contributed by atoms with Gasteiger partial charge in [0.1, 0.15) is 10.7 Å². The van der Waals surface area contributed by atoms with E-state index in [9.17, 15) is 17.6 Å². The van der Waals surface area contributed by atoms with Gasteiger partial charge < -0.3 is 5.32 Å². The van der Waals surface area contributed by atoms with Gasteiger partial charge in [-0.15, -0.1) is 0 Å². The average molecular weight is 485 g/mol. The highest BCUT2D eigenvalue weighted by Crippen LogP contribution is 2.29. The Morgan fingerprint density at radius 1 is 1.07 bits per heavy atom. The van der Waals surface area contributed by atoms with Gasteiger partial charge in [0, 0.05) is 21.9 Å². The molecule has 0 spiro atoms. The predicted octanol–water partition coefficient (Wildman–Crippen LogP) is 4.69. The number of nitrogens with one attached hydrogen (secondary N) is 2. The molecule has 3 rings (SSSR count). The Bertz CT molecular complexity index is 1160. The maximum atomic E-state index is 13.9. The molecule has 0 saturated heterocycles. The third-order valence-electron chi connectivity index (χ3n) is 3.57. The van der Waals surface area contributed by atoms with Crippen molar-refractivity contribution in [3.63, 3.8) is 0 Å². The fourth-order valence-corrected chi connectivity index (χ4v) is 4.00. The number of amides is 1. The van der Waals surface area contributed by atoms with Gasteiger partial charge in [0.25, 0.3) is 15.9 Å². The smallest absolute Gasteiger partial charge is 0.264 e. The number of pyridine rings is 1. The van der Waals surface area contributed by atoms with Crippen molar-refractivity contribution in [3.05, 3.63) is 81.8 Å². The molecule has 0 unspecified atom stereocenters. The van der Waals surface area contributed by atoms with Crippen molar-refractivity contribution in [1.82, 2.24) is 4.98 Å². The first-order chi connectivity index (χ1) is 13.3. The number of anilines is 2. The number of benzene rings is 2. The first-order valence-corrected chi connectivity index (χ1v) is 10.4. The van der Waals surface area contributed by atoms with Crippen molar-refractivity contribution in [2.24, 2.45) is 0 Å². The second kappa shape index (κ2) is 8.26. The van der Waals surface area contributed by atoms with Gasteiger partial charge in [0.2, 0.25) is 0 Å². The number of hydrogen-bond acceptors (Lipinski definition) is 4. The van der Waals surface area contributed by atoms with Crippen LogP contribution in [-0.4, -0.2) is 19.3 Å². The number of hydrogen-bond donors (Lipinski definition) is 2. The Labute approximate surface area is 173 Å². The van der Waals surface area contributed by atoms with Gasteiger partial charge in [-0.3, -0.25) is 14.5 Å². The first-order valence-electron chi connectivity index (χ1n) is 7.75. The molecule has 144 valence electrons. The van der Waals surface area contributed by atoms with Crippen LogP contribution in [0.1, 0.15) is 10.4 Å². The highest BCUT2D eigenvalue weighted by atomic mass is 79.9. The normalized spacial score (nSPS) is 11.1. The molecule has 0 atom stereocenters. The van der Waals surface area contributed by atoms with Crippen molar-refractivity contribution < 1.29 is 17.6 Å². The average Bonchev–Trinajstić information content (AvgIpc) is 2.64. The zero-order valence-corrected chi connectivity index (χ0v) is 17.1. The molecule has 0 fully saturated rings. The quantitative estimate of drug-likeness (QED) is 0.550. The van der Waals surface area contributed by atoms with Crippen LogP contribution in [0.15, 0.2) is 70.3 Å². The van der Waals surface area contributed by atoms with E-state index in [0.29, 0.717) is 4.47 Å². The van der Waals surface area contributed by atoms with Crippen LogP contribution >= 0.6 is 27.5 Å². The Kier molecular flexibility index (Phi) is 5.97. The van der Waals surface area contributed by atoms with Crippen molar-refractivity contribution in [2.75, 3.05) is 10.0 Å². The van der Waals surface area contributed by atoms with Crippen LogP contribution in [0, 0.1) is 5.82 Å². The van der Waals surface area contributed by atoms with Crippen molar-refractivity contribution in [2.45, 2.75) is 4.90 Å². The summed E-state index contributed by atoms with van der Waals surface area (Å²) < 4.78 is 41.9. The molecular formula is C18H12BrClFN3O3S.